The largest absolute Gasteiger partial charge is 0.497 e. The summed E-state index contributed by atoms with van der Waals surface area (Å²) in [5, 5.41) is 14.4. The Morgan fingerprint density at radius 3 is 2.31 bits per heavy atom. The Morgan fingerprint density at radius 2 is 1.66 bits per heavy atom. The maximum absolute atomic E-state index is 9.91. The molecule has 0 fully saturated rings. The molecule has 4 heteroatoms. The minimum atomic E-state index is 0.488. The number of aromatic nitrogens is 2. The summed E-state index contributed by atoms with van der Waals surface area (Å²) in [6, 6.07) is 26.6. The van der Waals surface area contributed by atoms with Crippen LogP contribution < -0.4 is 4.74 Å². The lowest BCUT2D eigenvalue weighted by molar-refractivity contribution is 0.415. The van der Waals surface area contributed by atoms with Gasteiger partial charge in [-0.25, -0.2) is 4.98 Å². The number of hydrogen-bond acceptors (Lipinski definition) is 3. The molecular formula is C25H17N3O. The van der Waals surface area contributed by atoms with Gasteiger partial charge in [0.25, 0.3) is 0 Å². The van der Waals surface area contributed by atoms with Crippen molar-refractivity contribution in [3.05, 3.63) is 84.2 Å². The highest BCUT2D eigenvalue weighted by Crippen LogP contribution is 2.32. The van der Waals surface area contributed by atoms with Crippen molar-refractivity contribution in [2.75, 3.05) is 7.11 Å². The van der Waals surface area contributed by atoms with Crippen molar-refractivity contribution in [3.63, 3.8) is 0 Å². The summed E-state index contributed by atoms with van der Waals surface area (Å²) < 4.78 is 5.28. The first-order valence-electron chi connectivity index (χ1n) is 9.33. The minimum Gasteiger partial charge on any atom is -0.497 e. The van der Waals surface area contributed by atoms with Gasteiger partial charge in [-0.2, -0.15) is 5.26 Å². The van der Waals surface area contributed by atoms with Crippen LogP contribution in [0.1, 0.15) is 11.4 Å². The van der Waals surface area contributed by atoms with Crippen LogP contribution in [0.5, 0.6) is 5.75 Å². The van der Waals surface area contributed by atoms with Gasteiger partial charge in [0, 0.05) is 6.07 Å². The van der Waals surface area contributed by atoms with Gasteiger partial charge < -0.3 is 9.72 Å². The zero-order chi connectivity index (χ0) is 19.8. The Kier molecular flexibility index (Phi) is 4.00. The lowest BCUT2D eigenvalue weighted by Gasteiger charge is -2.08. The second kappa shape index (κ2) is 6.81. The molecule has 0 spiro atoms. The fourth-order valence-corrected chi connectivity index (χ4v) is 3.75. The molecule has 4 aromatic carbocycles. The highest BCUT2D eigenvalue weighted by atomic mass is 16.5. The predicted molar refractivity (Wildman–Crippen MR) is 118 cm³/mol. The fourth-order valence-electron chi connectivity index (χ4n) is 3.75. The Hall–Kier alpha value is -4.10. The van der Waals surface area contributed by atoms with E-state index in [-0.39, 0.29) is 0 Å². The summed E-state index contributed by atoms with van der Waals surface area (Å²) >= 11 is 0. The molecule has 0 radical (unpaired) electrons. The predicted octanol–water partition coefficient (Wildman–Crippen LogP) is 5.94. The van der Waals surface area contributed by atoms with Crippen molar-refractivity contribution in [1.29, 1.82) is 5.26 Å². The molecule has 4 nitrogen and oxygen atoms in total. The Balaban J connectivity index is 1.76. The van der Waals surface area contributed by atoms with Crippen molar-refractivity contribution in [1.82, 2.24) is 9.97 Å². The lowest BCUT2D eigenvalue weighted by atomic mass is 9.95. The summed E-state index contributed by atoms with van der Waals surface area (Å²) in [5.74, 6) is 1.29. The number of fused-ring (bicyclic) bond motifs is 3. The highest BCUT2D eigenvalue weighted by molar-refractivity contribution is 6.10. The number of aromatic amines is 1. The van der Waals surface area contributed by atoms with Crippen LogP contribution in [0, 0.1) is 11.3 Å². The maximum Gasteiger partial charge on any atom is 0.149 e. The smallest absolute Gasteiger partial charge is 0.149 e. The van der Waals surface area contributed by atoms with Crippen molar-refractivity contribution in [2.45, 2.75) is 0 Å². The van der Waals surface area contributed by atoms with Crippen molar-refractivity contribution >= 4 is 44.2 Å². The number of allylic oxidation sites excluding steroid dienone is 1. The Bertz CT molecular complexity index is 1400. The van der Waals surface area contributed by atoms with Crippen LogP contribution in [0.15, 0.2) is 72.8 Å². The molecule has 0 aliphatic carbocycles. The molecule has 1 N–H and O–H groups in total. The highest BCUT2D eigenvalue weighted by Gasteiger charge is 2.12. The molecule has 1 aromatic heterocycles. The van der Waals surface area contributed by atoms with E-state index < -0.39 is 0 Å². The lowest BCUT2D eigenvalue weighted by Crippen LogP contribution is -1.88. The topological polar surface area (TPSA) is 61.7 Å². The average Bonchev–Trinajstić information content (AvgIpc) is 3.19. The van der Waals surface area contributed by atoms with E-state index in [9.17, 15) is 5.26 Å². The van der Waals surface area contributed by atoms with Crippen molar-refractivity contribution < 1.29 is 4.74 Å². The summed E-state index contributed by atoms with van der Waals surface area (Å²) in [6.07, 6.45) is 1.93. The number of imidazole rings is 1. The normalized spacial score (nSPS) is 11.8. The van der Waals surface area contributed by atoms with Crippen LogP contribution in [0.3, 0.4) is 0 Å². The van der Waals surface area contributed by atoms with Gasteiger partial charge in [0.05, 0.1) is 23.7 Å². The van der Waals surface area contributed by atoms with E-state index in [2.05, 4.69) is 46.4 Å². The molecule has 0 aliphatic heterocycles. The Morgan fingerprint density at radius 1 is 0.966 bits per heavy atom. The molecule has 0 aliphatic rings. The molecule has 5 rings (SSSR count). The van der Waals surface area contributed by atoms with Crippen molar-refractivity contribution in [3.8, 4) is 11.8 Å². The molecule has 0 saturated heterocycles. The number of H-pyrrole nitrogens is 1. The molecule has 0 saturated carbocycles. The van der Waals surface area contributed by atoms with Crippen LogP contribution >= 0.6 is 0 Å². The number of hydrogen-bond donors (Lipinski definition) is 1. The van der Waals surface area contributed by atoms with E-state index in [4.69, 9.17) is 4.74 Å². The van der Waals surface area contributed by atoms with Crippen LogP contribution in [0.25, 0.3) is 44.2 Å². The maximum atomic E-state index is 9.91. The number of ether oxygens (including phenoxy) is 1. The van der Waals surface area contributed by atoms with E-state index >= 15 is 0 Å². The van der Waals surface area contributed by atoms with Gasteiger partial charge in [-0.3, -0.25) is 0 Å². The number of nitrogens with one attached hydrogen (secondary N) is 1. The van der Waals surface area contributed by atoms with E-state index in [0.29, 0.717) is 11.4 Å². The summed E-state index contributed by atoms with van der Waals surface area (Å²) in [6.45, 7) is 0. The number of nitriles is 1. The first-order chi connectivity index (χ1) is 14.3. The third kappa shape index (κ3) is 2.90. The standard InChI is InChI=1S/C25H17N3O/c1-29-19-10-11-23-24(14-19)28-25(27-23)18(15-26)13-22-20-8-4-2-6-16(20)12-17-7-3-5-9-21(17)22/h2-14H,1H3,(H,27,28)/b18-13-. The minimum absolute atomic E-state index is 0.488. The molecule has 0 atom stereocenters. The van der Waals surface area contributed by atoms with Gasteiger partial charge >= 0.3 is 0 Å². The van der Waals surface area contributed by atoms with Crippen molar-refractivity contribution in [2.24, 2.45) is 0 Å². The molecule has 29 heavy (non-hydrogen) atoms. The van der Waals surface area contributed by atoms with Crippen LogP contribution in [0.4, 0.5) is 0 Å². The monoisotopic (exact) mass is 375 g/mol. The van der Waals surface area contributed by atoms with Gasteiger partial charge in [-0.1, -0.05) is 48.5 Å². The van der Waals surface area contributed by atoms with E-state index in [0.717, 1.165) is 43.9 Å². The molecule has 5 aromatic rings. The molecule has 0 unspecified atom stereocenters. The quantitative estimate of drug-likeness (QED) is 0.313. The molecule has 138 valence electrons. The van der Waals surface area contributed by atoms with Gasteiger partial charge in [0.15, 0.2) is 0 Å². The summed E-state index contributed by atoms with van der Waals surface area (Å²) in [4.78, 5) is 7.87. The molecule has 0 amide bonds. The zero-order valence-corrected chi connectivity index (χ0v) is 15.8. The third-order valence-corrected chi connectivity index (χ3v) is 5.17. The first kappa shape index (κ1) is 17.0. The second-order valence-electron chi connectivity index (χ2n) is 6.87. The van der Waals surface area contributed by atoms with Crippen LogP contribution in [-0.2, 0) is 0 Å². The molecule has 1 heterocycles. The van der Waals surface area contributed by atoms with Gasteiger partial charge in [-0.05, 0) is 51.4 Å². The van der Waals surface area contributed by atoms with Gasteiger partial charge in [0.2, 0.25) is 0 Å². The fraction of sp³-hybridized carbons (Fsp3) is 0.0400. The number of rotatable bonds is 3. The van der Waals surface area contributed by atoms with Gasteiger partial charge in [0.1, 0.15) is 17.6 Å². The molecular weight excluding hydrogens is 358 g/mol. The Labute approximate surface area is 167 Å². The summed E-state index contributed by atoms with van der Waals surface area (Å²) in [5.41, 5.74) is 3.14. The second-order valence-corrected chi connectivity index (χ2v) is 6.87. The van der Waals surface area contributed by atoms with Crippen LogP contribution in [0.2, 0.25) is 0 Å². The first-order valence-corrected chi connectivity index (χ1v) is 9.33. The van der Waals surface area contributed by atoms with E-state index in [1.807, 2.05) is 48.5 Å². The zero-order valence-electron chi connectivity index (χ0n) is 15.8. The molecule has 0 bridgehead atoms. The summed E-state index contributed by atoms with van der Waals surface area (Å²) in [7, 11) is 1.63. The van der Waals surface area contributed by atoms with Crippen LogP contribution in [-0.4, -0.2) is 17.1 Å². The SMILES string of the molecule is COc1ccc2nc(/C(C#N)=C\c3c4ccccc4cc4ccccc34)[nH]c2c1. The van der Waals surface area contributed by atoms with E-state index in [1.165, 1.54) is 0 Å². The third-order valence-electron chi connectivity index (χ3n) is 5.17. The van der Waals surface area contributed by atoms with E-state index in [1.54, 1.807) is 7.11 Å². The average molecular weight is 375 g/mol. The number of benzene rings is 4. The number of nitrogens with zero attached hydrogens (tertiary/aromatic N) is 2. The van der Waals surface area contributed by atoms with Gasteiger partial charge in [-0.15, -0.1) is 0 Å². The number of methoxy groups -OCH3 is 1.